The number of carbonyl (C=O) groups is 3. The molecule has 8 nitrogen and oxygen atoms in total. The number of carboxylic acid groups (broad SMARTS) is 1. The predicted octanol–water partition coefficient (Wildman–Crippen LogP) is 0.552. The van der Waals surface area contributed by atoms with Crippen LogP contribution in [-0.2, 0) is 16.2 Å². The molecule has 2 amide bonds. The van der Waals surface area contributed by atoms with Crippen LogP contribution in [0.1, 0.15) is 21.5 Å². The van der Waals surface area contributed by atoms with Gasteiger partial charge in [0.2, 0.25) is 0 Å². The maximum Gasteiger partial charge on any atom is 0.263 e. The van der Waals surface area contributed by atoms with Crippen molar-refractivity contribution in [1.82, 2.24) is 10.6 Å². The van der Waals surface area contributed by atoms with Crippen LogP contribution < -0.4 is 25.2 Å². The monoisotopic (exact) mass is 411 g/mol. The van der Waals surface area contributed by atoms with Crippen molar-refractivity contribution < 1.29 is 29.0 Å². The summed E-state index contributed by atoms with van der Waals surface area (Å²) in [4.78, 5) is 34.7. The number of rotatable bonds is 6. The molecule has 0 aliphatic carbocycles. The number of carbonyl (C=O) groups excluding carboxylic acids is 3. The van der Waals surface area contributed by atoms with Crippen molar-refractivity contribution in [2.24, 2.45) is 0 Å². The maximum absolute atomic E-state index is 11.9. The van der Waals surface area contributed by atoms with Gasteiger partial charge in [-0.05, 0) is 47.1 Å². The van der Waals surface area contributed by atoms with E-state index in [4.69, 9.17) is 21.7 Å². The summed E-state index contributed by atoms with van der Waals surface area (Å²) in [7, 11) is 1.46. The van der Waals surface area contributed by atoms with Crippen LogP contribution >= 0.6 is 12.2 Å². The molecule has 0 saturated carbocycles. The summed E-state index contributed by atoms with van der Waals surface area (Å²) in [5, 5.41) is 15.5. The van der Waals surface area contributed by atoms with E-state index in [1.165, 1.54) is 25.3 Å². The van der Waals surface area contributed by atoms with Crippen molar-refractivity contribution in [1.29, 1.82) is 0 Å². The van der Waals surface area contributed by atoms with E-state index in [9.17, 15) is 19.5 Å². The first kappa shape index (κ1) is 20.0. The van der Waals surface area contributed by atoms with Crippen molar-refractivity contribution in [2.45, 2.75) is 6.61 Å². The van der Waals surface area contributed by atoms with E-state index in [-0.39, 0.29) is 22.9 Å². The lowest BCUT2D eigenvalue weighted by molar-refractivity contribution is -0.255. The lowest BCUT2D eigenvalue weighted by atomic mass is 10.1. The van der Waals surface area contributed by atoms with Gasteiger partial charge in [-0.15, -0.1) is 0 Å². The number of thiocarbonyl (C=S) groups is 1. The minimum Gasteiger partial charge on any atom is -0.545 e. The minimum atomic E-state index is -1.24. The summed E-state index contributed by atoms with van der Waals surface area (Å²) >= 11 is 4.76. The fraction of sp³-hybridized carbons (Fsp3) is 0.100. The topological polar surface area (TPSA) is 117 Å². The molecule has 1 aliphatic heterocycles. The van der Waals surface area contributed by atoms with Crippen molar-refractivity contribution in [3.8, 4) is 11.5 Å². The highest BCUT2D eigenvalue weighted by molar-refractivity contribution is 7.80. The summed E-state index contributed by atoms with van der Waals surface area (Å²) in [6.45, 7) is 0.187. The molecule has 2 N–H and O–H groups in total. The maximum atomic E-state index is 11.9. The molecule has 0 unspecified atom stereocenters. The summed E-state index contributed by atoms with van der Waals surface area (Å²) in [6.07, 6.45) is 1.41. The summed E-state index contributed by atoms with van der Waals surface area (Å²) < 4.78 is 11.1. The number of ether oxygens (including phenoxy) is 2. The third-order valence-corrected chi connectivity index (χ3v) is 4.23. The van der Waals surface area contributed by atoms with Gasteiger partial charge in [-0.3, -0.25) is 20.2 Å². The van der Waals surface area contributed by atoms with Gasteiger partial charge in [0, 0.05) is 0 Å². The lowest BCUT2D eigenvalue weighted by Crippen LogP contribution is -2.51. The molecular formula is C20H15N2O6S-. The van der Waals surface area contributed by atoms with E-state index in [1.807, 2.05) is 0 Å². The van der Waals surface area contributed by atoms with Crippen LogP contribution in [0.2, 0.25) is 0 Å². The van der Waals surface area contributed by atoms with Crippen LogP contribution in [0.15, 0.2) is 48.0 Å². The Labute approximate surface area is 171 Å². The Morgan fingerprint density at radius 3 is 2.31 bits per heavy atom. The summed E-state index contributed by atoms with van der Waals surface area (Å²) in [5.41, 5.74) is 1.32. The SMILES string of the molecule is COc1cc(C=C2C(=O)NC(=S)NC2=O)ccc1OCc1ccc(C(=O)[O-])cc1. The second kappa shape index (κ2) is 8.53. The average Bonchev–Trinajstić information content (AvgIpc) is 2.69. The van der Waals surface area contributed by atoms with Gasteiger partial charge in [-0.2, -0.15) is 0 Å². The molecule has 148 valence electrons. The molecule has 1 saturated heterocycles. The van der Waals surface area contributed by atoms with Gasteiger partial charge in [0.05, 0.1) is 13.1 Å². The number of benzene rings is 2. The van der Waals surface area contributed by atoms with E-state index in [2.05, 4.69) is 10.6 Å². The third-order valence-electron chi connectivity index (χ3n) is 4.03. The fourth-order valence-electron chi connectivity index (χ4n) is 2.56. The molecule has 3 rings (SSSR count). The molecule has 1 fully saturated rings. The van der Waals surface area contributed by atoms with Crippen molar-refractivity contribution in [3.05, 3.63) is 64.7 Å². The molecule has 0 atom stereocenters. The Bertz CT molecular complexity index is 1010. The zero-order valence-electron chi connectivity index (χ0n) is 15.2. The highest BCUT2D eigenvalue weighted by atomic mass is 32.1. The Kier molecular flexibility index (Phi) is 5.89. The zero-order valence-corrected chi connectivity index (χ0v) is 16.0. The Morgan fingerprint density at radius 2 is 1.72 bits per heavy atom. The highest BCUT2D eigenvalue weighted by Gasteiger charge is 2.25. The highest BCUT2D eigenvalue weighted by Crippen LogP contribution is 2.30. The molecule has 0 bridgehead atoms. The van der Waals surface area contributed by atoms with Crippen LogP contribution in [0, 0.1) is 0 Å². The quantitative estimate of drug-likeness (QED) is 0.405. The molecule has 0 aromatic heterocycles. The van der Waals surface area contributed by atoms with Crippen LogP contribution in [0.25, 0.3) is 6.08 Å². The number of hydrogen-bond acceptors (Lipinski definition) is 7. The average molecular weight is 411 g/mol. The van der Waals surface area contributed by atoms with E-state index in [1.54, 1.807) is 30.3 Å². The molecule has 2 aromatic rings. The second-order valence-electron chi connectivity index (χ2n) is 5.98. The normalized spacial score (nSPS) is 13.4. The summed E-state index contributed by atoms with van der Waals surface area (Å²) in [6, 6.07) is 11.1. The van der Waals surface area contributed by atoms with Gasteiger partial charge in [-0.25, -0.2) is 0 Å². The standard InChI is InChI=1S/C20H16N2O6S/c1-27-16-9-12(8-14-17(23)21-20(29)22-18(14)24)4-7-15(16)28-10-11-2-5-13(6-3-11)19(25)26/h2-9H,10H2,1H3,(H,25,26)(H2,21,22,23,24,29)/p-1. The van der Waals surface area contributed by atoms with Crippen LogP contribution in [0.3, 0.4) is 0 Å². The zero-order chi connectivity index (χ0) is 21.0. The predicted molar refractivity (Wildman–Crippen MR) is 105 cm³/mol. The van der Waals surface area contributed by atoms with Gasteiger partial charge in [0.25, 0.3) is 11.8 Å². The largest absolute Gasteiger partial charge is 0.545 e. The number of nitrogens with one attached hydrogen (secondary N) is 2. The molecule has 1 heterocycles. The van der Waals surface area contributed by atoms with Crippen LogP contribution in [0.5, 0.6) is 11.5 Å². The van der Waals surface area contributed by atoms with Crippen LogP contribution in [0.4, 0.5) is 0 Å². The molecule has 29 heavy (non-hydrogen) atoms. The first-order valence-corrected chi connectivity index (χ1v) is 8.77. The lowest BCUT2D eigenvalue weighted by Gasteiger charge is -2.16. The summed E-state index contributed by atoms with van der Waals surface area (Å²) in [5.74, 6) is -1.57. The number of hydrogen-bond donors (Lipinski definition) is 2. The van der Waals surface area contributed by atoms with Crippen molar-refractivity contribution in [2.75, 3.05) is 7.11 Å². The van der Waals surface area contributed by atoms with E-state index in [0.717, 1.165) is 5.56 Å². The Hall–Kier alpha value is -3.72. The smallest absolute Gasteiger partial charge is 0.263 e. The molecule has 9 heteroatoms. The Morgan fingerprint density at radius 1 is 1.07 bits per heavy atom. The second-order valence-corrected chi connectivity index (χ2v) is 6.39. The first-order chi connectivity index (χ1) is 13.9. The van der Waals surface area contributed by atoms with Gasteiger partial charge in [0.15, 0.2) is 16.6 Å². The number of aromatic carboxylic acids is 1. The number of methoxy groups -OCH3 is 1. The molecule has 0 radical (unpaired) electrons. The van der Waals surface area contributed by atoms with E-state index in [0.29, 0.717) is 17.1 Å². The first-order valence-electron chi connectivity index (χ1n) is 8.37. The van der Waals surface area contributed by atoms with Gasteiger partial charge in [0.1, 0.15) is 12.2 Å². The molecular weight excluding hydrogens is 396 g/mol. The third kappa shape index (κ3) is 4.77. The van der Waals surface area contributed by atoms with Crippen molar-refractivity contribution in [3.63, 3.8) is 0 Å². The van der Waals surface area contributed by atoms with Crippen LogP contribution in [-0.4, -0.2) is 30.0 Å². The fourth-order valence-corrected chi connectivity index (χ4v) is 2.75. The molecule has 1 aliphatic rings. The Balaban J connectivity index is 1.76. The number of amides is 2. The van der Waals surface area contributed by atoms with Gasteiger partial charge in [-0.1, -0.05) is 30.3 Å². The van der Waals surface area contributed by atoms with Gasteiger partial charge >= 0.3 is 0 Å². The van der Waals surface area contributed by atoms with Gasteiger partial charge < -0.3 is 19.4 Å². The molecule has 2 aromatic carbocycles. The minimum absolute atomic E-state index is 0.0360. The van der Waals surface area contributed by atoms with E-state index < -0.39 is 17.8 Å². The number of carboxylic acids is 1. The van der Waals surface area contributed by atoms with Crippen molar-refractivity contribution >= 4 is 41.2 Å². The van der Waals surface area contributed by atoms with E-state index >= 15 is 0 Å². The molecule has 0 spiro atoms.